The highest BCUT2D eigenvalue weighted by molar-refractivity contribution is 6.09. The summed E-state index contributed by atoms with van der Waals surface area (Å²) in [6.07, 6.45) is 1.10. The Kier molecular flexibility index (Phi) is 7.89. The highest BCUT2D eigenvalue weighted by Gasteiger charge is 2.59. The molecule has 0 fully saturated rings. The van der Waals surface area contributed by atoms with Crippen molar-refractivity contribution in [3.8, 4) is 5.75 Å². The van der Waals surface area contributed by atoms with Gasteiger partial charge in [0.15, 0.2) is 0 Å². The first-order valence-corrected chi connectivity index (χ1v) is 15.7. The van der Waals surface area contributed by atoms with E-state index in [1.54, 1.807) is 7.11 Å². The number of methoxy groups -OCH3 is 1. The maximum atomic E-state index is 15.5. The molecular weight excluding hydrogens is 572 g/mol. The summed E-state index contributed by atoms with van der Waals surface area (Å²) in [6, 6.07) is 40.8. The van der Waals surface area contributed by atoms with E-state index in [-0.39, 0.29) is 18.4 Å². The van der Waals surface area contributed by atoms with Crippen LogP contribution in [0.4, 0.5) is 5.69 Å². The third-order valence-electron chi connectivity index (χ3n) is 9.51. The molecule has 1 N–H and O–H groups in total. The zero-order valence-electron chi connectivity index (χ0n) is 25.8. The van der Waals surface area contributed by atoms with E-state index in [9.17, 15) is 9.90 Å². The van der Waals surface area contributed by atoms with Crippen molar-refractivity contribution in [1.29, 1.82) is 0 Å². The molecule has 0 aliphatic carbocycles. The molecule has 46 heavy (non-hydrogen) atoms. The fraction of sp³-hybridized carbons (Fsp3) is 0.200. The molecule has 0 saturated heterocycles. The number of aliphatic hydroxyl groups excluding tert-OH is 1. The number of ether oxygens (including phenoxy) is 1. The largest absolute Gasteiger partial charge is 0.497 e. The lowest BCUT2D eigenvalue weighted by atomic mass is 9.61. The Bertz CT molecular complexity index is 1870. The molecule has 5 aromatic rings. The fourth-order valence-electron chi connectivity index (χ4n) is 7.29. The van der Waals surface area contributed by atoms with Crippen molar-refractivity contribution in [3.05, 3.63) is 166 Å². The van der Waals surface area contributed by atoms with E-state index in [2.05, 4.69) is 6.07 Å². The number of nitrogens with zero attached hydrogens (tertiary/aromatic N) is 2. The molecule has 6 heteroatoms. The Morgan fingerprint density at radius 1 is 0.761 bits per heavy atom. The minimum atomic E-state index is -1.09. The second-order valence-corrected chi connectivity index (χ2v) is 12.1. The maximum Gasteiger partial charge on any atom is 0.255 e. The molecule has 2 amide bonds. The number of rotatable bonds is 8. The van der Waals surface area contributed by atoms with E-state index < -0.39 is 11.5 Å². The topological polar surface area (TPSA) is 70.1 Å². The lowest BCUT2D eigenvalue weighted by molar-refractivity contribution is -0.127. The number of fused-ring (bicyclic) bond motifs is 3. The second kappa shape index (κ2) is 12.3. The van der Waals surface area contributed by atoms with Gasteiger partial charge in [-0.2, -0.15) is 0 Å². The van der Waals surface area contributed by atoms with Crippen molar-refractivity contribution in [2.24, 2.45) is 0 Å². The number of hydrogen-bond donors (Lipinski definition) is 1. The number of carbonyl (C=O) groups is 2. The number of hydrogen-bond acceptors (Lipinski definition) is 4. The van der Waals surface area contributed by atoms with Crippen molar-refractivity contribution in [1.82, 2.24) is 4.90 Å². The summed E-state index contributed by atoms with van der Waals surface area (Å²) in [6.45, 7) is 0.745. The van der Waals surface area contributed by atoms with Gasteiger partial charge in [0.05, 0.1) is 19.8 Å². The lowest BCUT2D eigenvalue weighted by Crippen LogP contribution is -2.62. The average Bonchev–Trinajstić information content (AvgIpc) is 3.11. The SMILES string of the molecule is COc1ccc(CCN2C(=O)[C@@]3(Cc4ccccc42)c2ccccc2C(=O)N(Cc2ccccc2)[C@H]3c2ccc(CO)cc2)cc1. The highest BCUT2D eigenvalue weighted by Crippen LogP contribution is 2.54. The molecule has 6 nitrogen and oxygen atoms in total. The zero-order valence-corrected chi connectivity index (χ0v) is 25.8. The summed E-state index contributed by atoms with van der Waals surface area (Å²) in [7, 11) is 1.65. The Hall–Kier alpha value is -5.20. The summed E-state index contributed by atoms with van der Waals surface area (Å²) < 4.78 is 5.35. The molecule has 0 bridgehead atoms. The van der Waals surface area contributed by atoms with E-state index in [1.165, 1.54) is 0 Å². The van der Waals surface area contributed by atoms with E-state index in [0.29, 0.717) is 31.5 Å². The van der Waals surface area contributed by atoms with Crippen LogP contribution < -0.4 is 9.64 Å². The molecule has 2 heterocycles. The number of benzene rings is 5. The number of para-hydroxylation sites is 1. The quantitative estimate of drug-likeness (QED) is 0.214. The van der Waals surface area contributed by atoms with Gasteiger partial charge in [-0.25, -0.2) is 0 Å². The van der Waals surface area contributed by atoms with E-state index >= 15 is 4.79 Å². The first-order chi connectivity index (χ1) is 22.5. The van der Waals surface area contributed by atoms with E-state index in [4.69, 9.17) is 4.74 Å². The van der Waals surface area contributed by atoms with Crippen LogP contribution in [-0.2, 0) is 36.2 Å². The smallest absolute Gasteiger partial charge is 0.255 e. The van der Waals surface area contributed by atoms with Crippen LogP contribution >= 0.6 is 0 Å². The van der Waals surface area contributed by atoms with Gasteiger partial charge in [-0.1, -0.05) is 103 Å². The molecule has 0 aromatic heterocycles. The third-order valence-corrected chi connectivity index (χ3v) is 9.51. The van der Waals surface area contributed by atoms with Gasteiger partial charge in [-0.15, -0.1) is 0 Å². The van der Waals surface area contributed by atoms with Gasteiger partial charge in [0.25, 0.3) is 5.91 Å². The van der Waals surface area contributed by atoms with Gasteiger partial charge in [0.1, 0.15) is 11.2 Å². The number of anilines is 1. The fourth-order valence-corrected chi connectivity index (χ4v) is 7.29. The van der Waals surface area contributed by atoms with Gasteiger partial charge in [-0.3, -0.25) is 9.59 Å². The molecule has 0 saturated carbocycles. The molecule has 2 aliphatic heterocycles. The molecular formula is C40H36N2O4. The van der Waals surface area contributed by atoms with Crippen LogP contribution in [0.25, 0.3) is 0 Å². The molecule has 5 aromatic carbocycles. The van der Waals surface area contributed by atoms with E-state index in [1.807, 2.05) is 131 Å². The maximum absolute atomic E-state index is 15.5. The molecule has 2 atom stereocenters. The van der Waals surface area contributed by atoms with Crippen LogP contribution in [0.15, 0.2) is 127 Å². The standard InChI is InChI=1S/C40H36N2O4/c1-46-33-21-17-28(18-22-33)23-24-41-36-14-8-5-11-32(36)25-40(39(41)45)35-13-7-6-12-34(35)38(44)42(26-29-9-3-2-4-10-29)37(40)31-19-15-30(27-43)16-20-31/h2-22,37,43H,23-27H2,1H3/t37-,40-/m0/s1. The van der Waals surface area contributed by atoms with Crippen molar-refractivity contribution < 1.29 is 19.4 Å². The van der Waals surface area contributed by atoms with Crippen LogP contribution in [0.3, 0.4) is 0 Å². The summed E-state index contributed by atoms with van der Waals surface area (Å²) in [5, 5.41) is 9.84. The van der Waals surface area contributed by atoms with Gasteiger partial charge >= 0.3 is 0 Å². The molecule has 0 radical (unpaired) electrons. The summed E-state index contributed by atoms with van der Waals surface area (Å²) in [5.41, 5.74) is 5.93. The minimum absolute atomic E-state index is 0.0195. The van der Waals surface area contributed by atoms with Crippen LogP contribution in [0.2, 0.25) is 0 Å². The Morgan fingerprint density at radius 2 is 1.43 bits per heavy atom. The normalized spacial score (nSPS) is 18.8. The van der Waals surface area contributed by atoms with Crippen molar-refractivity contribution in [3.63, 3.8) is 0 Å². The highest BCUT2D eigenvalue weighted by atomic mass is 16.5. The predicted molar refractivity (Wildman–Crippen MR) is 179 cm³/mol. The average molecular weight is 609 g/mol. The Balaban J connectivity index is 1.42. The number of aliphatic hydroxyl groups is 1. The van der Waals surface area contributed by atoms with Crippen molar-refractivity contribution in [2.75, 3.05) is 18.6 Å². The summed E-state index contributed by atoms with van der Waals surface area (Å²) >= 11 is 0. The summed E-state index contributed by atoms with van der Waals surface area (Å²) in [4.78, 5) is 33.8. The van der Waals surface area contributed by atoms with Crippen LogP contribution in [0.5, 0.6) is 5.75 Å². The Labute approximate surface area is 269 Å². The minimum Gasteiger partial charge on any atom is -0.497 e. The molecule has 2 aliphatic rings. The van der Waals surface area contributed by atoms with Gasteiger partial charge < -0.3 is 19.6 Å². The first-order valence-electron chi connectivity index (χ1n) is 15.7. The summed E-state index contributed by atoms with van der Waals surface area (Å²) in [5.74, 6) is 0.672. The lowest BCUT2D eigenvalue weighted by Gasteiger charge is -2.53. The van der Waals surface area contributed by atoms with Crippen LogP contribution in [-0.4, -0.2) is 35.5 Å². The van der Waals surface area contributed by atoms with Gasteiger partial charge in [0.2, 0.25) is 5.91 Å². The van der Waals surface area contributed by atoms with Crippen LogP contribution in [0.1, 0.15) is 49.8 Å². The van der Waals surface area contributed by atoms with Crippen molar-refractivity contribution >= 4 is 17.5 Å². The number of amides is 2. The molecule has 0 unspecified atom stereocenters. The zero-order chi connectivity index (χ0) is 31.7. The van der Waals surface area contributed by atoms with Gasteiger partial charge in [-0.05, 0) is 70.5 Å². The first kappa shape index (κ1) is 29.5. The second-order valence-electron chi connectivity index (χ2n) is 12.1. The van der Waals surface area contributed by atoms with Crippen LogP contribution in [0, 0.1) is 0 Å². The predicted octanol–water partition coefficient (Wildman–Crippen LogP) is 6.65. The van der Waals surface area contributed by atoms with Crippen molar-refractivity contribution in [2.45, 2.75) is 37.5 Å². The third kappa shape index (κ3) is 5.05. The van der Waals surface area contributed by atoms with Gasteiger partial charge in [0, 0.05) is 24.3 Å². The molecule has 1 spiro atoms. The monoisotopic (exact) mass is 608 g/mol. The van der Waals surface area contributed by atoms with E-state index in [0.717, 1.165) is 44.8 Å². The Morgan fingerprint density at radius 3 is 2.17 bits per heavy atom. The molecule has 230 valence electrons. The number of carbonyl (C=O) groups excluding carboxylic acids is 2. The molecule has 7 rings (SSSR count).